The summed E-state index contributed by atoms with van der Waals surface area (Å²) in [4.78, 5) is 13.4. The Morgan fingerprint density at radius 1 is 1.73 bits per heavy atom. The second kappa shape index (κ2) is 2.77. The monoisotopic (exact) mass is 168 g/mol. The number of hydrogen-bond acceptors (Lipinski definition) is 2. The molecule has 0 saturated heterocycles. The van der Waals surface area contributed by atoms with Gasteiger partial charge in [0.1, 0.15) is 11.6 Å². The molecule has 0 unspecified atom stereocenters. The molecule has 0 bridgehead atoms. The number of halogens is 1. The van der Waals surface area contributed by atoms with E-state index in [0.29, 0.717) is 5.69 Å². The molecule has 0 radical (unpaired) electrons. The number of aromatic amines is 1. The average molecular weight is 169 g/mol. The Labute approximate surface area is 68.2 Å². The zero-order valence-corrected chi connectivity index (χ0v) is 6.57. The Bertz CT molecular complexity index is 375. The first-order chi connectivity index (χ1) is 5.15. The van der Waals surface area contributed by atoms with Crippen LogP contribution in [0.3, 0.4) is 0 Å². The van der Waals surface area contributed by atoms with Crippen LogP contribution in [0.2, 0.25) is 5.02 Å². The van der Waals surface area contributed by atoms with Crippen LogP contribution in [0.15, 0.2) is 10.9 Å². The van der Waals surface area contributed by atoms with E-state index in [1.54, 1.807) is 19.1 Å². The summed E-state index contributed by atoms with van der Waals surface area (Å²) < 4.78 is 0. The van der Waals surface area contributed by atoms with Gasteiger partial charge >= 0.3 is 0 Å². The number of nitriles is 1. The lowest BCUT2D eigenvalue weighted by molar-refractivity contribution is 1.13. The van der Waals surface area contributed by atoms with Crippen LogP contribution in [0.25, 0.3) is 0 Å². The van der Waals surface area contributed by atoms with Gasteiger partial charge in [0.25, 0.3) is 5.56 Å². The highest BCUT2D eigenvalue weighted by Gasteiger charge is 2.03. The summed E-state index contributed by atoms with van der Waals surface area (Å²) in [5.74, 6) is 0. The maximum absolute atomic E-state index is 10.9. The van der Waals surface area contributed by atoms with Gasteiger partial charge in [0, 0.05) is 5.69 Å². The highest BCUT2D eigenvalue weighted by molar-refractivity contribution is 6.31. The molecule has 0 saturated carbocycles. The fourth-order valence-electron chi connectivity index (χ4n) is 0.753. The first-order valence-electron chi connectivity index (χ1n) is 2.94. The topological polar surface area (TPSA) is 56.6 Å². The first kappa shape index (κ1) is 7.83. The van der Waals surface area contributed by atoms with Crippen LogP contribution in [-0.2, 0) is 0 Å². The molecule has 4 heteroatoms. The molecule has 11 heavy (non-hydrogen) atoms. The van der Waals surface area contributed by atoms with E-state index in [9.17, 15) is 4.79 Å². The third-order valence-corrected chi connectivity index (χ3v) is 1.53. The van der Waals surface area contributed by atoms with Crippen molar-refractivity contribution in [1.29, 1.82) is 5.26 Å². The highest BCUT2D eigenvalue weighted by atomic mass is 35.5. The minimum Gasteiger partial charge on any atom is -0.325 e. The van der Waals surface area contributed by atoms with Gasteiger partial charge in [-0.15, -0.1) is 0 Å². The molecule has 0 aliphatic carbocycles. The summed E-state index contributed by atoms with van der Waals surface area (Å²) in [6.45, 7) is 1.70. The normalized spacial score (nSPS) is 9.18. The maximum Gasteiger partial charge on any atom is 0.267 e. The van der Waals surface area contributed by atoms with E-state index in [0.717, 1.165) is 0 Å². The van der Waals surface area contributed by atoms with Crippen molar-refractivity contribution in [2.75, 3.05) is 0 Å². The summed E-state index contributed by atoms with van der Waals surface area (Å²) in [6, 6.07) is 3.26. The van der Waals surface area contributed by atoms with Gasteiger partial charge in [0.2, 0.25) is 0 Å². The molecular weight excluding hydrogens is 164 g/mol. The molecule has 0 spiro atoms. The third kappa shape index (κ3) is 1.41. The van der Waals surface area contributed by atoms with Crippen LogP contribution in [0, 0.1) is 18.3 Å². The van der Waals surface area contributed by atoms with Crippen molar-refractivity contribution < 1.29 is 0 Å². The number of rotatable bonds is 0. The summed E-state index contributed by atoms with van der Waals surface area (Å²) >= 11 is 5.59. The first-order valence-corrected chi connectivity index (χ1v) is 3.32. The molecule has 1 rings (SSSR count). The fraction of sp³-hybridized carbons (Fsp3) is 0.143. The minimum absolute atomic E-state index is 0.0303. The van der Waals surface area contributed by atoms with Crippen molar-refractivity contribution in [2.24, 2.45) is 0 Å². The average Bonchev–Trinajstić information content (AvgIpc) is 1.85. The second-order valence-electron chi connectivity index (χ2n) is 2.12. The molecule has 0 atom stereocenters. The van der Waals surface area contributed by atoms with E-state index < -0.39 is 5.56 Å². The molecular formula is C7H5ClN2O. The minimum atomic E-state index is -0.433. The van der Waals surface area contributed by atoms with Gasteiger partial charge in [0.15, 0.2) is 0 Å². The molecule has 1 N–H and O–H groups in total. The fourth-order valence-corrected chi connectivity index (χ4v) is 1.04. The predicted octanol–water partition coefficient (Wildman–Crippen LogP) is 1.21. The summed E-state index contributed by atoms with van der Waals surface area (Å²) in [5.41, 5.74) is 0.189. The smallest absolute Gasteiger partial charge is 0.267 e. The third-order valence-electron chi connectivity index (χ3n) is 1.23. The van der Waals surface area contributed by atoms with E-state index in [2.05, 4.69) is 4.98 Å². The van der Waals surface area contributed by atoms with Crippen LogP contribution in [0.5, 0.6) is 0 Å². The molecule has 3 nitrogen and oxygen atoms in total. The van der Waals surface area contributed by atoms with E-state index in [-0.39, 0.29) is 10.6 Å². The standard InChI is InChI=1S/C7H5ClN2O/c1-4-2-6(8)5(3-9)7(11)10-4/h2H,1H3,(H,10,11). The summed E-state index contributed by atoms with van der Waals surface area (Å²) in [5, 5.41) is 8.64. The van der Waals surface area contributed by atoms with Crippen molar-refractivity contribution in [3.63, 3.8) is 0 Å². The van der Waals surface area contributed by atoms with Gasteiger partial charge in [0.05, 0.1) is 5.02 Å². The van der Waals surface area contributed by atoms with Gasteiger partial charge in [-0.05, 0) is 13.0 Å². The second-order valence-corrected chi connectivity index (χ2v) is 2.52. The van der Waals surface area contributed by atoms with E-state index >= 15 is 0 Å². The van der Waals surface area contributed by atoms with Crippen LogP contribution in [-0.4, -0.2) is 4.98 Å². The Morgan fingerprint density at radius 3 is 2.82 bits per heavy atom. The number of nitrogens with zero attached hydrogens (tertiary/aromatic N) is 1. The molecule has 0 fully saturated rings. The number of nitrogens with one attached hydrogen (secondary N) is 1. The van der Waals surface area contributed by atoms with Gasteiger partial charge < -0.3 is 4.98 Å². The maximum atomic E-state index is 10.9. The van der Waals surface area contributed by atoms with Crippen LogP contribution >= 0.6 is 11.6 Å². The molecule has 0 aliphatic heterocycles. The van der Waals surface area contributed by atoms with Crippen molar-refractivity contribution in [1.82, 2.24) is 4.98 Å². The number of pyridine rings is 1. The quantitative estimate of drug-likeness (QED) is 0.633. The SMILES string of the molecule is Cc1cc(Cl)c(C#N)c(=O)[nH]1. The lowest BCUT2D eigenvalue weighted by Crippen LogP contribution is -2.11. The summed E-state index contributed by atoms with van der Waals surface area (Å²) in [7, 11) is 0. The van der Waals surface area contributed by atoms with Gasteiger partial charge in [-0.3, -0.25) is 4.79 Å². The zero-order chi connectivity index (χ0) is 8.43. The molecule has 0 aliphatic rings. The predicted molar refractivity (Wildman–Crippen MR) is 41.5 cm³/mol. The van der Waals surface area contributed by atoms with Crippen molar-refractivity contribution in [3.05, 3.63) is 32.7 Å². The Kier molecular flexibility index (Phi) is 1.97. The molecule has 1 aromatic rings. The number of hydrogen-bond donors (Lipinski definition) is 1. The molecule has 56 valence electrons. The Morgan fingerprint density at radius 2 is 2.36 bits per heavy atom. The van der Waals surface area contributed by atoms with Gasteiger partial charge in [-0.25, -0.2) is 0 Å². The lowest BCUT2D eigenvalue weighted by Gasteiger charge is -1.94. The van der Waals surface area contributed by atoms with Crippen molar-refractivity contribution in [2.45, 2.75) is 6.92 Å². The van der Waals surface area contributed by atoms with Crippen LogP contribution in [0.4, 0.5) is 0 Å². The Hall–Kier alpha value is -1.27. The molecule has 1 heterocycles. The Balaban J connectivity index is 3.53. The van der Waals surface area contributed by atoms with E-state index in [1.165, 1.54) is 0 Å². The van der Waals surface area contributed by atoms with Gasteiger partial charge in [-0.1, -0.05) is 11.6 Å². The zero-order valence-electron chi connectivity index (χ0n) is 5.81. The summed E-state index contributed by atoms with van der Waals surface area (Å²) in [6.07, 6.45) is 0. The highest BCUT2D eigenvalue weighted by Crippen LogP contribution is 2.10. The van der Waals surface area contributed by atoms with E-state index in [1.807, 2.05) is 0 Å². The molecule has 0 aromatic carbocycles. The van der Waals surface area contributed by atoms with Crippen LogP contribution < -0.4 is 5.56 Å². The lowest BCUT2D eigenvalue weighted by atomic mass is 10.3. The van der Waals surface area contributed by atoms with Crippen molar-refractivity contribution >= 4 is 11.6 Å². The molecule has 0 amide bonds. The number of aromatic nitrogens is 1. The van der Waals surface area contributed by atoms with Gasteiger partial charge in [-0.2, -0.15) is 5.26 Å². The van der Waals surface area contributed by atoms with Crippen LogP contribution in [0.1, 0.15) is 11.3 Å². The largest absolute Gasteiger partial charge is 0.325 e. The number of H-pyrrole nitrogens is 1. The van der Waals surface area contributed by atoms with Crippen molar-refractivity contribution in [3.8, 4) is 6.07 Å². The number of aryl methyl sites for hydroxylation is 1. The molecule has 1 aromatic heterocycles. The van der Waals surface area contributed by atoms with E-state index in [4.69, 9.17) is 16.9 Å².